The van der Waals surface area contributed by atoms with Crippen molar-refractivity contribution in [3.8, 4) is 0 Å². The molecule has 0 aliphatic carbocycles. The summed E-state index contributed by atoms with van der Waals surface area (Å²) >= 11 is 0. The van der Waals surface area contributed by atoms with Gasteiger partial charge in [-0.05, 0) is 31.5 Å². The smallest absolute Gasteiger partial charge is 0.257 e. The number of aromatic nitrogens is 2. The minimum absolute atomic E-state index is 0.0898. The number of sulfonamides is 1. The fourth-order valence-electron chi connectivity index (χ4n) is 3.53. The Hall–Kier alpha value is -3.30. The van der Waals surface area contributed by atoms with E-state index in [1.165, 1.54) is 11.2 Å². The second-order valence-corrected chi connectivity index (χ2v) is 9.02. The maximum absolute atomic E-state index is 13.1. The Balaban J connectivity index is 1.58. The zero-order chi connectivity index (χ0) is 21.5. The Morgan fingerprint density at radius 3 is 2.40 bits per heavy atom. The molecule has 0 radical (unpaired) electrons. The van der Waals surface area contributed by atoms with Gasteiger partial charge < -0.3 is 5.32 Å². The maximum Gasteiger partial charge on any atom is 0.257 e. The summed E-state index contributed by atoms with van der Waals surface area (Å²) in [6.07, 6.45) is 0. The predicted octanol–water partition coefficient (Wildman–Crippen LogP) is 2.88. The Bertz CT molecular complexity index is 1260. The van der Waals surface area contributed by atoms with Gasteiger partial charge in [0, 0.05) is 17.7 Å². The first-order chi connectivity index (χ1) is 14.3. The number of carbonyl (C=O) groups excluding carboxylic acids is 2. The molecular formula is C21H20N4O4S. The molecule has 0 saturated heterocycles. The summed E-state index contributed by atoms with van der Waals surface area (Å²) < 4.78 is 27.5. The number of hydrogen-bond donors (Lipinski definition) is 2. The van der Waals surface area contributed by atoms with Crippen LogP contribution in [0.4, 0.5) is 5.82 Å². The number of amides is 1. The molecule has 1 amide bonds. The number of Topliss-reactive ketones (excluding diaryl/α,β-unsaturated/α-hetero) is 1. The average molecular weight is 424 g/mol. The molecule has 9 heteroatoms. The van der Waals surface area contributed by atoms with Crippen molar-refractivity contribution in [3.63, 3.8) is 0 Å². The maximum atomic E-state index is 13.1. The third-order valence-corrected chi connectivity index (χ3v) is 7.07. The Kier molecular flexibility index (Phi) is 5.00. The van der Waals surface area contributed by atoms with Crippen LogP contribution in [0.3, 0.4) is 0 Å². The van der Waals surface area contributed by atoms with Gasteiger partial charge in [-0.1, -0.05) is 36.4 Å². The van der Waals surface area contributed by atoms with E-state index in [2.05, 4.69) is 15.5 Å². The topological polar surface area (TPSA) is 112 Å². The van der Waals surface area contributed by atoms with Gasteiger partial charge in [0.25, 0.3) is 5.91 Å². The van der Waals surface area contributed by atoms with Gasteiger partial charge in [0.05, 0.1) is 22.7 Å². The van der Waals surface area contributed by atoms with Crippen LogP contribution in [0.15, 0.2) is 53.4 Å². The van der Waals surface area contributed by atoms with Gasteiger partial charge in [-0.25, -0.2) is 8.42 Å². The standard InChI is InChI=1S/C21H20N4O4S/c1-13-7-3-6-10-19(13)30(28,29)25-11-17-18(12-25)23-24-20(17)22-21(27)16-9-5-4-8-15(16)14(2)26/h3-10H,11-12H2,1-2H3,(H2,22,23,24,27). The molecule has 0 unspecified atom stereocenters. The molecule has 154 valence electrons. The van der Waals surface area contributed by atoms with Crippen molar-refractivity contribution in [3.05, 3.63) is 76.5 Å². The summed E-state index contributed by atoms with van der Waals surface area (Å²) in [6, 6.07) is 13.3. The van der Waals surface area contributed by atoms with E-state index in [4.69, 9.17) is 0 Å². The van der Waals surface area contributed by atoms with Crippen molar-refractivity contribution < 1.29 is 18.0 Å². The van der Waals surface area contributed by atoms with E-state index in [0.29, 0.717) is 28.2 Å². The van der Waals surface area contributed by atoms with Gasteiger partial charge in [0.15, 0.2) is 5.78 Å². The summed E-state index contributed by atoms with van der Waals surface area (Å²) in [5.41, 5.74) is 2.40. The lowest BCUT2D eigenvalue weighted by Gasteiger charge is -2.17. The zero-order valence-corrected chi connectivity index (χ0v) is 17.3. The highest BCUT2D eigenvalue weighted by Crippen LogP contribution is 2.32. The third-order valence-electron chi connectivity index (χ3n) is 5.11. The Morgan fingerprint density at radius 2 is 1.70 bits per heavy atom. The quantitative estimate of drug-likeness (QED) is 0.612. The number of benzene rings is 2. The lowest BCUT2D eigenvalue weighted by Crippen LogP contribution is -2.27. The minimum atomic E-state index is -3.70. The molecule has 1 aliphatic rings. The number of anilines is 1. The summed E-state index contributed by atoms with van der Waals surface area (Å²) in [4.78, 5) is 24.8. The van der Waals surface area contributed by atoms with E-state index in [9.17, 15) is 18.0 Å². The van der Waals surface area contributed by atoms with Crippen LogP contribution in [-0.4, -0.2) is 34.6 Å². The molecule has 30 heavy (non-hydrogen) atoms. The molecular weight excluding hydrogens is 404 g/mol. The van der Waals surface area contributed by atoms with Gasteiger partial charge in [-0.3, -0.25) is 14.7 Å². The summed E-state index contributed by atoms with van der Waals surface area (Å²) in [6.45, 7) is 3.35. The molecule has 3 aromatic rings. The zero-order valence-electron chi connectivity index (χ0n) is 16.5. The normalized spacial score (nSPS) is 13.8. The van der Waals surface area contributed by atoms with Crippen molar-refractivity contribution >= 4 is 27.5 Å². The van der Waals surface area contributed by atoms with Crippen LogP contribution in [0.2, 0.25) is 0 Å². The van der Waals surface area contributed by atoms with Crippen LogP contribution < -0.4 is 5.32 Å². The van der Waals surface area contributed by atoms with E-state index in [0.717, 1.165) is 0 Å². The number of hydrogen-bond acceptors (Lipinski definition) is 5. The summed E-state index contributed by atoms with van der Waals surface area (Å²) in [5.74, 6) is -0.352. The Labute approximate surface area is 174 Å². The van der Waals surface area contributed by atoms with E-state index in [1.54, 1.807) is 55.5 Å². The van der Waals surface area contributed by atoms with E-state index in [-0.39, 0.29) is 29.3 Å². The summed E-state index contributed by atoms with van der Waals surface area (Å²) in [5, 5.41) is 9.65. The number of H-pyrrole nitrogens is 1. The van der Waals surface area contributed by atoms with Crippen molar-refractivity contribution in [2.45, 2.75) is 31.8 Å². The first-order valence-corrected chi connectivity index (χ1v) is 10.8. The van der Waals surface area contributed by atoms with E-state index < -0.39 is 15.9 Å². The molecule has 8 nitrogen and oxygen atoms in total. The molecule has 0 saturated carbocycles. The number of aromatic amines is 1. The summed E-state index contributed by atoms with van der Waals surface area (Å²) in [7, 11) is -3.70. The highest BCUT2D eigenvalue weighted by atomic mass is 32.2. The molecule has 2 N–H and O–H groups in total. The monoisotopic (exact) mass is 424 g/mol. The Morgan fingerprint density at radius 1 is 1.03 bits per heavy atom. The van der Waals surface area contributed by atoms with Gasteiger partial charge in [0.1, 0.15) is 5.82 Å². The number of ketones is 1. The van der Waals surface area contributed by atoms with Crippen molar-refractivity contribution in [1.29, 1.82) is 0 Å². The molecule has 0 spiro atoms. The molecule has 0 fully saturated rings. The van der Waals surface area contributed by atoms with Crippen LogP contribution in [0.5, 0.6) is 0 Å². The molecule has 1 aromatic heterocycles. The molecule has 2 aromatic carbocycles. The van der Waals surface area contributed by atoms with Crippen molar-refractivity contribution in [2.75, 3.05) is 5.32 Å². The SMILES string of the molecule is CC(=O)c1ccccc1C(=O)Nc1[nH]nc2c1CN(S(=O)(=O)c1ccccc1C)C2. The van der Waals surface area contributed by atoms with Gasteiger partial charge >= 0.3 is 0 Å². The fourth-order valence-corrected chi connectivity index (χ4v) is 5.13. The number of nitrogens with zero attached hydrogens (tertiary/aromatic N) is 2. The van der Waals surface area contributed by atoms with Gasteiger partial charge in [0.2, 0.25) is 10.0 Å². The van der Waals surface area contributed by atoms with E-state index >= 15 is 0 Å². The van der Waals surface area contributed by atoms with Crippen LogP contribution in [-0.2, 0) is 23.1 Å². The lowest BCUT2D eigenvalue weighted by molar-refractivity contribution is 0.0985. The number of rotatable bonds is 5. The van der Waals surface area contributed by atoms with Crippen LogP contribution >= 0.6 is 0 Å². The van der Waals surface area contributed by atoms with Crippen molar-refractivity contribution in [2.24, 2.45) is 0 Å². The van der Waals surface area contributed by atoms with Gasteiger partial charge in [-0.2, -0.15) is 9.40 Å². The molecule has 4 rings (SSSR count). The second-order valence-electron chi connectivity index (χ2n) is 7.12. The predicted molar refractivity (Wildman–Crippen MR) is 111 cm³/mol. The molecule has 2 heterocycles. The van der Waals surface area contributed by atoms with Crippen LogP contribution in [0.1, 0.15) is 44.5 Å². The molecule has 1 aliphatic heterocycles. The molecule has 0 bridgehead atoms. The molecule has 0 atom stereocenters. The van der Waals surface area contributed by atoms with Crippen molar-refractivity contribution in [1.82, 2.24) is 14.5 Å². The first-order valence-electron chi connectivity index (χ1n) is 9.32. The van der Waals surface area contributed by atoms with Crippen LogP contribution in [0, 0.1) is 6.92 Å². The number of fused-ring (bicyclic) bond motifs is 1. The van der Waals surface area contributed by atoms with E-state index in [1.807, 2.05) is 0 Å². The largest absolute Gasteiger partial charge is 0.307 e. The van der Waals surface area contributed by atoms with Gasteiger partial charge in [-0.15, -0.1) is 0 Å². The fraction of sp³-hybridized carbons (Fsp3) is 0.190. The average Bonchev–Trinajstić information content (AvgIpc) is 3.30. The van der Waals surface area contributed by atoms with Crippen LogP contribution in [0.25, 0.3) is 0 Å². The highest BCUT2D eigenvalue weighted by molar-refractivity contribution is 7.89. The minimum Gasteiger partial charge on any atom is -0.307 e. The first kappa shape index (κ1) is 20.0. The number of nitrogens with one attached hydrogen (secondary N) is 2. The second kappa shape index (κ2) is 7.51. The third kappa shape index (κ3) is 3.42. The number of aryl methyl sites for hydroxylation is 1. The highest BCUT2D eigenvalue weighted by Gasteiger charge is 2.35. The lowest BCUT2D eigenvalue weighted by atomic mass is 10.0. The number of carbonyl (C=O) groups is 2.